The quantitative estimate of drug-likeness (QED) is 0.825. The number of amides is 2. The fourth-order valence-corrected chi connectivity index (χ4v) is 1.65. The number of pyridine rings is 1. The van der Waals surface area contributed by atoms with Crippen LogP contribution in [0.25, 0.3) is 0 Å². The molecule has 21 heavy (non-hydrogen) atoms. The molecule has 0 saturated heterocycles. The second kappa shape index (κ2) is 7.14. The zero-order valence-electron chi connectivity index (χ0n) is 11.2. The second-order valence-electron chi connectivity index (χ2n) is 4.37. The Morgan fingerprint density at radius 1 is 1.10 bits per heavy atom. The summed E-state index contributed by atoms with van der Waals surface area (Å²) in [6, 6.07) is 8.92. The van der Waals surface area contributed by atoms with E-state index in [0.29, 0.717) is 12.2 Å². The number of carbonyl (C=O) groups excluding carboxylic acids is 2. The van der Waals surface area contributed by atoms with Crippen LogP contribution in [-0.4, -0.2) is 16.8 Å². The Hall–Kier alpha value is -2.76. The molecule has 1 aromatic carbocycles. The first-order valence-corrected chi connectivity index (χ1v) is 6.34. The van der Waals surface area contributed by atoms with Gasteiger partial charge >= 0.3 is 0 Å². The van der Waals surface area contributed by atoms with E-state index in [1.165, 1.54) is 24.3 Å². The van der Waals surface area contributed by atoms with Gasteiger partial charge in [0.05, 0.1) is 0 Å². The van der Waals surface area contributed by atoms with Gasteiger partial charge in [-0.1, -0.05) is 6.07 Å². The van der Waals surface area contributed by atoms with Crippen LogP contribution in [-0.2, 0) is 16.1 Å². The molecule has 2 rings (SSSR count). The highest BCUT2D eigenvalue weighted by Crippen LogP contribution is 2.08. The van der Waals surface area contributed by atoms with Gasteiger partial charge in [0, 0.05) is 24.6 Å². The Labute approximate surface area is 121 Å². The van der Waals surface area contributed by atoms with Crippen molar-refractivity contribution in [2.24, 2.45) is 0 Å². The number of halogens is 1. The van der Waals surface area contributed by atoms with Crippen molar-refractivity contribution in [3.63, 3.8) is 0 Å². The van der Waals surface area contributed by atoms with E-state index < -0.39 is 11.8 Å². The fourth-order valence-electron chi connectivity index (χ4n) is 1.65. The molecule has 108 valence electrons. The van der Waals surface area contributed by atoms with Crippen LogP contribution in [0.15, 0.2) is 48.8 Å². The minimum absolute atomic E-state index is 0.294. The lowest BCUT2D eigenvalue weighted by Crippen LogP contribution is -2.27. The largest absolute Gasteiger partial charge is 0.352 e. The molecule has 0 unspecified atom stereocenters. The first kappa shape index (κ1) is 14.6. The van der Waals surface area contributed by atoms with Gasteiger partial charge in [-0.05, 0) is 35.9 Å². The van der Waals surface area contributed by atoms with Crippen molar-refractivity contribution >= 4 is 17.5 Å². The van der Waals surface area contributed by atoms with Crippen molar-refractivity contribution in [1.82, 2.24) is 10.3 Å². The lowest BCUT2D eigenvalue weighted by atomic mass is 10.2. The summed E-state index contributed by atoms with van der Waals surface area (Å²) in [5.74, 6) is -1.23. The molecular formula is C15H14FN3O2. The summed E-state index contributed by atoms with van der Waals surface area (Å²) in [6.45, 7) is 0.316. The van der Waals surface area contributed by atoms with E-state index in [9.17, 15) is 14.0 Å². The lowest BCUT2D eigenvalue weighted by molar-refractivity contribution is -0.126. The van der Waals surface area contributed by atoms with E-state index in [1.807, 2.05) is 6.07 Å². The predicted octanol–water partition coefficient (Wildman–Crippen LogP) is 1.87. The summed E-state index contributed by atoms with van der Waals surface area (Å²) < 4.78 is 12.7. The number of aromatic nitrogens is 1. The summed E-state index contributed by atoms with van der Waals surface area (Å²) in [5, 5.41) is 5.14. The molecule has 0 fully saturated rings. The molecule has 2 N–H and O–H groups in total. The Balaban J connectivity index is 1.77. The van der Waals surface area contributed by atoms with Crippen LogP contribution in [0, 0.1) is 5.82 Å². The number of carbonyl (C=O) groups is 2. The van der Waals surface area contributed by atoms with Crippen LogP contribution >= 0.6 is 0 Å². The Morgan fingerprint density at radius 2 is 1.86 bits per heavy atom. The first-order valence-electron chi connectivity index (χ1n) is 6.34. The van der Waals surface area contributed by atoms with Crippen LogP contribution < -0.4 is 10.6 Å². The Morgan fingerprint density at radius 3 is 2.52 bits per heavy atom. The topological polar surface area (TPSA) is 71.1 Å². The average Bonchev–Trinajstić information content (AvgIpc) is 2.48. The molecule has 0 spiro atoms. The van der Waals surface area contributed by atoms with Crippen molar-refractivity contribution in [1.29, 1.82) is 0 Å². The molecule has 0 aliphatic heterocycles. The number of nitrogens with one attached hydrogen (secondary N) is 2. The predicted molar refractivity (Wildman–Crippen MR) is 75.7 cm³/mol. The highest BCUT2D eigenvalue weighted by Gasteiger charge is 2.09. The van der Waals surface area contributed by atoms with Crippen LogP contribution in [0.3, 0.4) is 0 Å². The van der Waals surface area contributed by atoms with Crippen molar-refractivity contribution in [2.75, 3.05) is 5.32 Å². The third kappa shape index (κ3) is 5.02. The van der Waals surface area contributed by atoms with Gasteiger partial charge in [0.1, 0.15) is 12.2 Å². The molecule has 2 aromatic rings. The molecule has 1 heterocycles. The van der Waals surface area contributed by atoms with Crippen LogP contribution in [0.1, 0.15) is 12.0 Å². The maximum absolute atomic E-state index is 12.7. The van der Waals surface area contributed by atoms with E-state index in [1.54, 1.807) is 18.5 Å². The van der Waals surface area contributed by atoms with Crippen LogP contribution in [0.5, 0.6) is 0 Å². The highest BCUT2D eigenvalue weighted by molar-refractivity contribution is 6.03. The highest BCUT2D eigenvalue weighted by atomic mass is 19.1. The van der Waals surface area contributed by atoms with E-state index in [4.69, 9.17) is 0 Å². The molecule has 2 amide bonds. The van der Waals surface area contributed by atoms with Crippen molar-refractivity contribution in [3.05, 3.63) is 60.2 Å². The summed E-state index contributed by atoms with van der Waals surface area (Å²) in [5.41, 5.74) is 1.30. The lowest BCUT2D eigenvalue weighted by Gasteiger charge is -2.06. The van der Waals surface area contributed by atoms with E-state index in [-0.39, 0.29) is 12.2 Å². The normalized spacial score (nSPS) is 9.95. The van der Waals surface area contributed by atoms with Gasteiger partial charge in [0.25, 0.3) is 0 Å². The fraction of sp³-hybridized carbons (Fsp3) is 0.133. The van der Waals surface area contributed by atoms with Crippen molar-refractivity contribution in [2.45, 2.75) is 13.0 Å². The van der Waals surface area contributed by atoms with Gasteiger partial charge in [-0.2, -0.15) is 0 Å². The number of nitrogens with zero attached hydrogens (tertiary/aromatic N) is 1. The summed E-state index contributed by atoms with van der Waals surface area (Å²) in [4.78, 5) is 27.2. The van der Waals surface area contributed by atoms with Gasteiger partial charge in [-0.15, -0.1) is 0 Å². The Kier molecular flexibility index (Phi) is 4.98. The van der Waals surface area contributed by atoms with Crippen molar-refractivity contribution in [3.8, 4) is 0 Å². The van der Waals surface area contributed by atoms with Gasteiger partial charge in [-0.3, -0.25) is 14.6 Å². The summed E-state index contributed by atoms with van der Waals surface area (Å²) in [6.07, 6.45) is 2.98. The zero-order chi connectivity index (χ0) is 15.1. The van der Waals surface area contributed by atoms with E-state index in [0.717, 1.165) is 5.56 Å². The molecule has 5 nitrogen and oxygen atoms in total. The number of rotatable bonds is 5. The van der Waals surface area contributed by atoms with Gasteiger partial charge in [0.2, 0.25) is 11.8 Å². The van der Waals surface area contributed by atoms with Crippen molar-refractivity contribution < 1.29 is 14.0 Å². The van der Waals surface area contributed by atoms with E-state index >= 15 is 0 Å². The number of hydrogen-bond donors (Lipinski definition) is 2. The van der Waals surface area contributed by atoms with Gasteiger partial charge < -0.3 is 10.6 Å². The molecule has 1 aromatic heterocycles. The first-order chi connectivity index (χ1) is 10.1. The molecule has 0 bridgehead atoms. The van der Waals surface area contributed by atoms with Crippen LogP contribution in [0.4, 0.5) is 10.1 Å². The third-order valence-corrected chi connectivity index (χ3v) is 2.66. The molecule has 0 aliphatic carbocycles. The molecule has 0 radical (unpaired) electrons. The number of benzene rings is 1. The smallest absolute Gasteiger partial charge is 0.233 e. The molecule has 0 atom stereocenters. The van der Waals surface area contributed by atoms with Gasteiger partial charge in [-0.25, -0.2) is 4.39 Å². The molecule has 0 saturated carbocycles. The molecular weight excluding hydrogens is 273 g/mol. The maximum Gasteiger partial charge on any atom is 0.233 e. The summed E-state index contributed by atoms with van der Waals surface area (Å²) >= 11 is 0. The maximum atomic E-state index is 12.7. The molecule has 6 heteroatoms. The SMILES string of the molecule is O=C(CC(=O)Nc1ccc(F)cc1)NCc1cccnc1. The number of anilines is 1. The molecule has 0 aliphatic rings. The minimum atomic E-state index is -0.453. The second-order valence-corrected chi connectivity index (χ2v) is 4.37. The third-order valence-electron chi connectivity index (χ3n) is 2.66. The van der Waals surface area contributed by atoms with E-state index in [2.05, 4.69) is 15.6 Å². The van der Waals surface area contributed by atoms with Crippen LogP contribution in [0.2, 0.25) is 0 Å². The zero-order valence-corrected chi connectivity index (χ0v) is 11.2. The Bertz CT molecular complexity index is 615. The number of hydrogen-bond acceptors (Lipinski definition) is 3. The van der Waals surface area contributed by atoms with Gasteiger partial charge in [0.15, 0.2) is 0 Å². The average molecular weight is 287 g/mol. The monoisotopic (exact) mass is 287 g/mol. The standard InChI is InChI=1S/C15H14FN3O2/c16-12-3-5-13(6-4-12)19-15(21)8-14(20)18-10-11-2-1-7-17-9-11/h1-7,9H,8,10H2,(H,18,20)(H,19,21). The summed E-state index contributed by atoms with van der Waals surface area (Å²) in [7, 11) is 0. The minimum Gasteiger partial charge on any atom is -0.352 e.